The van der Waals surface area contributed by atoms with Crippen molar-refractivity contribution >= 4 is 27.4 Å². The van der Waals surface area contributed by atoms with Crippen molar-refractivity contribution in [2.24, 2.45) is 0 Å². The minimum Gasteiger partial charge on any atom is -0.383 e. The lowest BCUT2D eigenvalue weighted by Crippen LogP contribution is -2.19. The van der Waals surface area contributed by atoms with Gasteiger partial charge in [-0.1, -0.05) is 18.2 Å². The lowest BCUT2D eigenvalue weighted by Gasteiger charge is -2.16. The van der Waals surface area contributed by atoms with E-state index >= 15 is 0 Å². The number of halogens is 1. The summed E-state index contributed by atoms with van der Waals surface area (Å²) in [6.07, 6.45) is 0. The first kappa shape index (κ1) is 13.9. The van der Waals surface area contributed by atoms with Gasteiger partial charge in [-0.3, -0.25) is 4.90 Å². The number of nitrogens with two attached hydrogens (primary N) is 1. The molecular weight excluding hydrogens is 287 g/mol. The topological polar surface area (TPSA) is 55.0 Å². The molecule has 21 heavy (non-hydrogen) atoms. The highest BCUT2D eigenvalue weighted by Crippen LogP contribution is 2.23. The van der Waals surface area contributed by atoms with Crippen molar-refractivity contribution in [3.63, 3.8) is 0 Å². The molecule has 1 aromatic carbocycles. The number of hydrogen-bond acceptors (Lipinski definition) is 5. The quantitative estimate of drug-likeness (QED) is 0.805. The molecule has 6 heteroatoms. The van der Waals surface area contributed by atoms with Gasteiger partial charge in [-0.2, -0.15) is 0 Å². The molecule has 2 N–H and O–H groups in total. The van der Waals surface area contributed by atoms with E-state index in [-0.39, 0.29) is 5.82 Å². The lowest BCUT2D eigenvalue weighted by molar-refractivity contribution is 0.306. The zero-order chi connectivity index (χ0) is 14.8. The SMILES string of the molecule is CN(Cc1nc(N)c2ccsc2n1)Cc1ccccc1F. The van der Waals surface area contributed by atoms with Gasteiger partial charge in [0.25, 0.3) is 0 Å². The lowest BCUT2D eigenvalue weighted by atomic mass is 10.2. The van der Waals surface area contributed by atoms with Crippen molar-refractivity contribution in [1.82, 2.24) is 14.9 Å². The van der Waals surface area contributed by atoms with Crippen molar-refractivity contribution in [3.8, 4) is 0 Å². The van der Waals surface area contributed by atoms with Gasteiger partial charge in [0.15, 0.2) is 0 Å². The van der Waals surface area contributed by atoms with Crippen LogP contribution in [0.1, 0.15) is 11.4 Å². The van der Waals surface area contributed by atoms with E-state index in [4.69, 9.17) is 5.73 Å². The van der Waals surface area contributed by atoms with Crippen LogP contribution >= 0.6 is 11.3 Å². The zero-order valence-electron chi connectivity index (χ0n) is 11.6. The van der Waals surface area contributed by atoms with Gasteiger partial charge in [0.1, 0.15) is 22.3 Å². The van der Waals surface area contributed by atoms with Crippen LogP contribution in [-0.2, 0) is 13.1 Å². The zero-order valence-corrected chi connectivity index (χ0v) is 12.4. The first-order valence-electron chi connectivity index (χ1n) is 6.55. The fourth-order valence-corrected chi connectivity index (χ4v) is 3.00. The predicted octanol–water partition coefficient (Wildman–Crippen LogP) is 3.04. The Morgan fingerprint density at radius 3 is 2.81 bits per heavy atom. The van der Waals surface area contributed by atoms with Crippen LogP contribution in [0.25, 0.3) is 10.2 Å². The Morgan fingerprint density at radius 1 is 1.19 bits per heavy atom. The van der Waals surface area contributed by atoms with Gasteiger partial charge in [0.05, 0.1) is 11.9 Å². The van der Waals surface area contributed by atoms with E-state index in [2.05, 4.69) is 9.97 Å². The number of hydrogen-bond donors (Lipinski definition) is 1. The van der Waals surface area contributed by atoms with Crippen molar-refractivity contribution < 1.29 is 4.39 Å². The van der Waals surface area contributed by atoms with E-state index in [1.54, 1.807) is 12.1 Å². The molecule has 0 aliphatic carbocycles. The smallest absolute Gasteiger partial charge is 0.146 e. The fourth-order valence-electron chi connectivity index (χ4n) is 2.21. The maximum atomic E-state index is 13.6. The van der Waals surface area contributed by atoms with Crippen LogP contribution in [0.3, 0.4) is 0 Å². The third kappa shape index (κ3) is 3.01. The van der Waals surface area contributed by atoms with E-state index in [1.807, 2.05) is 29.5 Å². The Morgan fingerprint density at radius 2 is 2.00 bits per heavy atom. The maximum Gasteiger partial charge on any atom is 0.146 e. The molecule has 2 aromatic heterocycles. The summed E-state index contributed by atoms with van der Waals surface area (Å²) in [6, 6.07) is 8.69. The summed E-state index contributed by atoms with van der Waals surface area (Å²) in [5.74, 6) is 0.954. The highest BCUT2D eigenvalue weighted by atomic mass is 32.1. The molecule has 0 atom stereocenters. The van der Waals surface area contributed by atoms with Crippen LogP contribution in [0, 0.1) is 5.82 Å². The number of benzene rings is 1. The molecule has 3 rings (SSSR count). The van der Waals surface area contributed by atoms with Gasteiger partial charge in [0.2, 0.25) is 0 Å². The first-order chi connectivity index (χ1) is 10.1. The predicted molar refractivity (Wildman–Crippen MR) is 83.4 cm³/mol. The third-order valence-corrected chi connectivity index (χ3v) is 4.02. The molecule has 0 saturated carbocycles. The van der Waals surface area contributed by atoms with E-state index in [9.17, 15) is 4.39 Å². The van der Waals surface area contributed by atoms with Gasteiger partial charge < -0.3 is 5.73 Å². The molecule has 0 amide bonds. The molecule has 4 nitrogen and oxygen atoms in total. The summed E-state index contributed by atoms with van der Waals surface area (Å²) in [6.45, 7) is 1.02. The Kier molecular flexibility index (Phi) is 3.81. The van der Waals surface area contributed by atoms with E-state index in [0.717, 1.165) is 10.2 Å². The molecule has 0 aliphatic heterocycles. The summed E-state index contributed by atoms with van der Waals surface area (Å²) in [4.78, 5) is 11.7. The molecule has 0 spiro atoms. The van der Waals surface area contributed by atoms with Crippen LogP contribution in [-0.4, -0.2) is 21.9 Å². The van der Waals surface area contributed by atoms with E-state index in [1.165, 1.54) is 17.4 Å². The Hall–Kier alpha value is -2.05. The minimum absolute atomic E-state index is 0.196. The molecule has 0 bridgehead atoms. The minimum atomic E-state index is -0.196. The van der Waals surface area contributed by atoms with Crippen LogP contribution in [0.2, 0.25) is 0 Å². The molecule has 0 saturated heterocycles. The molecule has 3 aromatic rings. The van der Waals surface area contributed by atoms with Crippen LogP contribution in [0.5, 0.6) is 0 Å². The van der Waals surface area contributed by atoms with Gasteiger partial charge in [-0.15, -0.1) is 11.3 Å². The molecule has 108 valence electrons. The van der Waals surface area contributed by atoms with Gasteiger partial charge >= 0.3 is 0 Å². The van der Waals surface area contributed by atoms with Crippen molar-refractivity contribution in [1.29, 1.82) is 0 Å². The Balaban J connectivity index is 1.77. The maximum absolute atomic E-state index is 13.6. The average Bonchev–Trinajstić information content (AvgIpc) is 2.90. The third-order valence-electron chi connectivity index (χ3n) is 3.21. The Bertz CT molecular complexity index is 771. The number of rotatable bonds is 4. The number of aromatic nitrogens is 2. The molecule has 2 heterocycles. The van der Waals surface area contributed by atoms with Gasteiger partial charge in [0, 0.05) is 12.1 Å². The average molecular weight is 302 g/mol. The number of nitrogen functional groups attached to an aromatic ring is 1. The second kappa shape index (κ2) is 5.75. The molecule has 0 unspecified atom stereocenters. The van der Waals surface area contributed by atoms with Crippen LogP contribution in [0.4, 0.5) is 10.2 Å². The highest BCUT2D eigenvalue weighted by molar-refractivity contribution is 7.16. The number of fused-ring (bicyclic) bond motifs is 1. The standard InChI is InChI=1S/C15H15FN4S/c1-20(8-10-4-2-3-5-12(10)16)9-13-18-14(17)11-6-7-21-15(11)19-13/h2-7H,8-9H2,1H3,(H2,17,18,19). The summed E-state index contributed by atoms with van der Waals surface area (Å²) in [5, 5.41) is 2.84. The van der Waals surface area contributed by atoms with Crippen molar-refractivity contribution in [2.45, 2.75) is 13.1 Å². The molecule has 0 aliphatic rings. The summed E-state index contributed by atoms with van der Waals surface area (Å²) in [7, 11) is 1.91. The Labute approximate surface area is 126 Å². The van der Waals surface area contributed by atoms with Gasteiger partial charge in [-0.25, -0.2) is 14.4 Å². The van der Waals surface area contributed by atoms with Crippen LogP contribution in [0.15, 0.2) is 35.7 Å². The summed E-state index contributed by atoms with van der Waals surface area (Å²) >= 11 is 1.54. The first-order valence-corrected chi connectivity index (χ1v) is 7.43. The monoisotopic (exact) mass is 302 g/mol. The van der Waals surface area contributed by atoms with Crippen LogP contribution < -0.4 is 5.73 Å². The summed E-state index contributed by atoms with van der Waals surface area (Å²) in [5.41, 5.74) is 6.59. The number of thiophene rings is 1. The normalized spacial score (nSPS) is 11.4. The van der Waals surface area contributed by atoms with Crippen molar-refractivity contribution in [3.05, 3.63) is 52.9 Å². The molecule has 0 radical (unpaired) electrons. The number of nitrogens with zero attached hydrogens (tertiary/aromatic N) is 3. The van der Waals surface area contributed by atoms with Crippen molar-refractivity contribution in [2.75, 3.05) is 12.8 Å². The fraction of sp³-hybridized carbons (Fsp3) is 0.200. The second-order valence-corrected chi connectivity index (χ2v) is 5.82. The van der Waals surface area contributed by atoms with E-state index in [0.29, 0.717) is 30.3 Å². The number of anilines is 1. The molecular formula is C15H15FN4S. The molecule has 0 fully saturated rings. The summed E-state index contributed by atoms with van der Waals surface area (Å²) < 4.78 is 13.6. The highest BCUT2D eigenvalue weighted by Gasteiger charge is 2.10. The van der Waals surface area contributed by atoms with Gasteiger partial charge in [-0.05, 0) is 24.6 Å². The largest absolute Gasteiger partial charge is 0.383 e. The second-order valence-electron chi connectivity index (χ2n) is 4.93. The van der Waals surface area contributed by atoms with E-state index < -0.39 is 0 Å².